The van der Waals surface area contributed by atoms with Crippen molar-refractivity contribution in [2.45, 2.75) is 32.2 Å². The fourth-order valence-corrected chi connectivity index (χ4v) is 4.39. The Hall–Kier alpha value is -3.28. The van der Waals surface area contributed by atoms with Crippen LogP contribution in [0.4, 0.5) is 0 Å². The number of aromatic nitrogens is 4. The molecule has 0 unspecified atom stereocenters. The maximum Gasteiger partial charge on any atom is 0.253 e. The number of hydrogen-bond acceptors (Lipinski definition) is 4. The summed E-state index contributed by atoms with van der Waals surface area (Å²) in [5.74, 6) is 0.537. The highest BCUT2D eigenvalue weighted by Gasteiger charge is 2.27. The molecule has 0 bridgehead atoms. The van der Waals surface area contributed by atoms with E-state index in [1.54, 1.807) is 12.4 Å². The van der Waals surface area contributed by atoms with Gasteiger partial charge in [-0.1, -0.05) is 0 Å². The fraction of sp³-hybridized carbons (Fsp3) is 0.304. The largest absolute Gasteiger partial charge is 0.339 e. The van der Waals surface area contributed by atoms with Crippen LogP contribution in [0, 0.1) is 0 Å². The highest BCUT2D eigenvalue weighted by atomic mass is 16.2. The molecule has 146 valence electrons. The molecule has 0 aliphatic carbocycles. The van der Waals surface area contributed by atoms with Crippen LogP contribution in [0.3, 0.4) is 0 Å². The summed E-state index contributed by atoms with van der Waals surface area (Å²) >= 11 is 0. The summed E-state index contributed by atoms with van der Waals surface area (Å²) in [4.78, 5) is 28.1. The van der Waals surface area contributed by atoms with Gasteiger partial charge in [-0.3, -0.25) is 14.8 Å². The Morgan fingerprint density at radius 1 is 1.03 bits per heavy atom. The second kappa shape index (κ2) is 7.28. The number of carbonyl (C=O) groups excluding carboxylic acids is 1. The van der Waals surface area contributed by atoms with Crippen molar-refractivity contribution in [3.63, 3.8) is 0 Å². The zero-order valence-corrected chi connectivity index (χ0v) is 16.5. The zero-order chi connectivity index (χ0) is 19.8. The molecule has 0 spiro atoms. The number of piperidine rings is 1. The number of aryl methyl sites for hydroxylation is 1. The van der Waals surface area contributed by atoms with Gasteiger partial charge in [0.1, 0.15) is 5.65 Å². The molecule has 0 atom stereocenters. The molecule has 29 heavy (non-hydrogen) atoms. The predicted molar refractivity (Wildman–Crippen MR) is 113 cm³/mol. The van der Waals surface area contributed by atoms with Gasteiger partial charge in [0.15, 0.2) is 0 Å². The molecule has 5 rings (SSSR count). The highest BCUT2D eigenvalue weighted by molar-refractivity contribution is 5.97. The van der Waals surface area contributed by atoms with Crippen molar-refractivity contribution in [2.24, 2.45) is 0 Å². The van der Waals surface area contributed by atoms with Crippen molar-refractivity contribution in [3.8, 4) is 0 Å². The first-order chi connectivity index (χ1) is 14.2. The smallest absolute Gasteiger partial charge is 0.253 e. The summed E-state index contributed by atoms with van der Waals surface area (Å²) in [6.07, 6.45) is 9.37. The number of fused-ring (bicyclic) bond motifs is 2. The van der Waals surface area contributed by atoms with Crippen molar-refractivity contribution in [3.05, 3.63) is 66.2 Å². The van der Waals surface area contributed by atoms with E-state index in [4.69, 9.17) is 0 Å². The van der Waals surface area contributed by atoms with Crippen LogP contribution in [0.15, 0.2) is 55.1 Å². The van der Waals surface area contributed by atoms with Crippen LogP contribution >= 0.6 is 0 Å². The number of hydrogen-bond donors (Lipinski definition) is 0. The number of pyridine rings is 1. The maximum absolute atomic E-state index is 13.0. The monoisotopic (exact) mass is 385 g/mol. The van der Waals surface area contributed by atoms with Gasteiger partial charge in [-0.25, -0.2) is 4.98 Å². The fourth-order valence-electron chi connectivity index (χ4n) is 4.39. The molecule has 1 amide bonds. The minimum atomic E-state index is 0.0775. The van der Waals surface area contributed by atoms with Gasteiger partial charge >= 0.3 is 0 Å². The number of carbonyl (C=O) groups is 1. The summed E-state index contributed by atoms with van der Waals surface area (Å²) in [5, 5.41) is 1.24. The minimum Gasteiger partial charge on any atom is -0.339 e. The molecule has 1 aliphatic rings. The Balaban J connectivity index is 1.34. The molecule has 6 nitrogen and oxygen atoms in total. The molecule has 6 heteroatoms. The second-order valence-corrected chi connectivity index (χ2v) is 7.57. The number of benzene rings is 1. The lowest BCUT2D eigenvalue weighted by atomic mass is 9.89. The lowest BCUT2D eigenvalue weighted by Gasteiger charge is -2.32. The van der Waals surface area contributed by atoms with E-state index < -0.39 is 0 Å². The number of likely N-dealkylation sites (tertiary alicyclic amines) is 1. The SMILES string of the molecule is CCn1cc(C2CCN(C(=O)c3ccc4nccnc4c3)CC2)c2cccnc21. The summed E-state index contributed by atoms with van der Waals surface area (Å²) in [6, 6.07) is 9.74. The third-order valence-electron chi connectivity index (χ3n) is 5.94. The third kappa shape index (κ3) is 3.14. The number of amides is 1. The maximum atomic E-state index is 13.0. The molecule has 0 N–H and O–H groups in total. The molecule has 4 heterocycles. The standard InChI is InChI=1S/C23H23N5O/c1-2-27-15-19(18-4-3-9-26-22(18)27)16-7-12-28(13-8-16)23(29)17-5-6-20-21(14-17)25-11-10-24-20/h3-6,9-11,14-16H,2,7-8,12-13H2,1H3. The van der Waals surface area contributed by atoms with Crippen LogP contribution in [0.25, 0.3) is 22.1 Å². The molecule has 0 saturated carbocycles. The van der Waals surface area contributed by atoms with Gasteiger partial charge in [0.2, 0.25) is 0 Å². The molecule has 1 aliphatic heterocycles. The van der Waals surface area contributed by atoms with E-state index >= 15 is 0 Å². The third-order valence-corrected chi connectivity index (χ3v) is 5.94. The Labute approximate surface area is 169 Å². The van der Waals surface area contributed by atoms with E-state index in [-0.39, 0.29) is 5.91 Å². The Kier molecular flexibility index (Phi) is 4.46. The van der Waals surface area contributed by atoms with E-state index in [2.05, 4.69) is 38.7 Å². The molecule has 1 aromatic carbocycles. The first kappa shape index (κ1) is 17.8. The van der Waals surface area contributed by atoms with E-state index in [1.807, 2.05) is 35.4 Å². The summed E-state index contributed by atoms with van der Waals surface area (Å²) in [6.45, 7) is 4.59. The van der Waals surface area contributed by atoms with Gasteiger partial charge < -0.3 is 9.47 Å². The van der Waals surface area contributed by atoms with Crippen molar-refractivity contribution in [1.82, 2.24) is 24.4 Å². The first-order valence-corrected chi connectivity index (χ1v) is 10.2. The first-order valence-electron chi connectivity index (χ1n) is 10.2. The predicted octanol–water partition coefficient (Wildman–Crippen LogP) is 4.02. The molecular formula is C23H23N5O. The van der Waals surface area contributed by atoms with Crippen LogP contribution in [0.2, 0.25) is 0 Å². The van der Waals surface area contributed by atoms with E-state index in [0.717, 1.165) is 49.2 Å². The average Bonchev–Trinajstić information content (AvgIpc) is 3.17. The van der Waals surface area contributed by atoms with Gasteiger partial charge in [0, 0.05) is 55.4 Å². The van der Waals surface area contributed by atoms with Gasteiger partial charge in [0.05, 0.1) is 11.0 Å². The van der Waals surface area contributed by atoms with Gasteiger partial charge in [0.25, 0.3) is 5.91 Å². The highest BCUT2D eigenvalue weighted by Crippen LogP contribution is 2.34. The van der Waals surface area contributed by atoms with Gasteiger partial charge in [-0.15, -0.1) is 0 Å². The summed E-state index contributed by atoms with van der Waals surface area (Å²) in [7, 11) is 0. The second-order valence-electron chi connectivity index (χ2n) is 7.57. The molecular weight excluding hydrogens is 362 g/mol. The van der Waals surface area contributed by atoms with E-state index in [1.165, 1.54) is 10.9 Å². The van der Waals surface area contributed by atoms with Gasteiger partial charge in [-0.05, 0) is 61.6 Å². The van der Waals surface area contributed by atoms with E-state index in [0.29, 0.717) is 11.5 Å². The van der Waals surface area contributed by atoms with Crippen LogP contribution < -0.4 is 0 Å². The quantitative estimate of drug-likeness (QED) is 0.534. The lowest BCUT2D eigenvalue weighted by molar-refractivity contribution is 0.0713. The molecule has 4 aromatic rings. The van der Waals surface area contributed by atoms with Crippen LogP contribution in [0.5, 0.6) is 0 Å². The topological polar surface area (TPSA) is 63.9 Å². The summed E-state index contributed by atoms with van der Waals surface area (Å²) in [5.41, 5.74) is 4.67. The van der Waals surface area contributed by atoms with Crippen molar-refractivity contribution >= 4 is 28.0 Å². The van der Waals surface area contributed by atoms with Crippen molar-refractivity contribution < 1.29 is 4.79 Å². The Bertz CT molecular complexity index is 1190. The number of nitrogens with zero attached hydrogens (tertiary/aromatic N) is 5. The van der Waals surface area contributed by atoms with Crippen LogP contribution in [-0.4, -0.2) is 43.4 Å². The van der Waals surface area contributed by atoms with Crippen LogP contribution in [0.1, 0.15) is 41.6 Å². The van der Waals surface area contributed by atoms with Crippen LogP contribution in [-0.2, 0) is 6.54 Å². The Morgan fingerprint density at radius 3 is 2.62 bits per heavy atom. The average molecular weight is 385 g/mol. The van der Waals surface area contributed by atoms with Crippen molar-refractivity contribution in [1.29, 1.82) is 0 Å². The Morgan fingerprint density at radius 2 is 1.83 bits per heavy atom. The normalized spacial score (nSPS) is 15.3. The minimum absolute atomic E-state index is 0.0775. The molecule has 1 saturated heterocycles. The molecule has 1 fully saturated rings. The lowest BCUT2D eigenvalue weighted by Crippen LogP contribution is -2.37. The molecule has 0 radical (unpaired) electrons. The van der Waals surface area contributed by atoms with E-state index in [9.17, 15) is 4.79 Å². The zero-order valence-electron chi connectivity index (χ0n) is 16.5. The van der Waals surface area contributed by atoms with Crippen molar-refractivity contribution in [2.75, 3.05) is 13.1 Å². The summed E-state index contributed by atoms with van der Waals surface area (Å²) < 4.78 is 2.22. The van der Waals surface area contributed by atoms with Gasteiger partial charge in [-0.2, -0.15) is 0 Å². The number of rotatable bonds is 3. The molecule has 3 aromatic heterocycles.